The summed E-state index contributed by atoms with van der Waals surface area (Å²) in [4.78, 5) is 48.9. The third-order valence-corrected chi connectivity index (χ3v) is 5.49. The highest BCUT2D eigenvalue weighted by Crippen LogP contribution is 2.29. The van der Waals surface area contributed by atoms with Crippen LogP contribution in [0.25, 0.3) is 11.1 Å². The van der Waals surface area contributed by atoms with Crippen LogP contribution in [0.4, 0.5) is 11.4 Å². The summed E-state index contributed by atoms with van der Waals surface area (Å²) in [5.74, 6) is -1.71. The third-order valence-electron chi connectivity index (χ3n) is 5.49. The molecule has 0 unspecified atom stereocenters. The van der Waals surface area contributed by atoms with Crippen LogP contribution < -0.4 is 4.90 Å². The van der Waals surface area contributed by atoms with E-state index in [1.165, 1.54) is 17.0 Å². The number of Topliss-reactive ketones (excluding diaryl/α,β-unsaturated/α-hetero) is 1. The molecule has 0 aliphatic carbocycles. The molecule has 0 radical (unpaired) electrons. The van der Waals surface area contributed by atoms with Crippen LogP contribution in [0.3, 0.4) is 0 Å². The van der Waals surface area contributed by atoms with Gasteiger partial charge in [-0.2, -0.15) is 0 Å². The fourth-order valence-corrected chi connectivity index (χ4v) is 3.69. The first kappa shape index (κ1) is 21.9. The summed E-state index contributed by atoms with van der Waals surface area (Å²) >= 11 is 0. The molecule has 3 aromatic rings. The lowest BCUT2D eigenvalue weighted by Crippen LogP contribution is -2.27. The van der Waals surface area contributed by atoms with Crippen LogP contribution in [0.1, 0.15) is 16.8 Å². The molecule has 33 heavy (non-hydrogen) atoms. The van der Waals surface area contributed by atoms with Crippen LogP contribution in [0.15, 0.2) is 78.9 Å². The summed E-state index contributed by atoms with van der Waals surface area (Å²) < 4.78 is 5.16. The highest BCUT2D eigenvalue weighted by atomic mass is 16.6. The van der Waals surface area contributed by atoms with Crippen molar-refractivity contribution in [1.82, 2.24) is 0 Å². The lowest BCUT2D eigenvalue weighted by molar-refractivity contribution is -0.384. The molecule has 1 aliphatic rings. The maximum Gasteiger partial charge on any atom is 0.311 e. The summed E-state index contributed by atoms with van der Waals surface area (Å²) in [5, 5.41) is 10.8. The van der Waals surface area contributed by atoms with E-state index in [4.69, 9.17) is 4.74 Å². The number of carbonyl (C=O) groups is 3. The number of esters is 1. The van der Waals surface area contributed by atoms with Crippen LogP contribution in [-0.2, 0) is 14.3 Å². The van der Waals surface area contributed by atoms with E-state index in [0.717, 1.165) is 11.1 Å². The zero-order valence-corrected chi connectivity index (χ0v) is 17.5. The number of amides is 1. The fourth-order valence-electron chi connectivity index (χ4n) is 3.69. The van der Waals surface area contributed by atoms with Gasteiger partial charge >= 0.3 is 5.97 Å². The molecule has 1 heterocycles. The summed E-state index contributed by atoms with van der Waals surface area (Å²) in [7, 11) is 0. The molecule has 0 bridgehead atoms. The van der Waals surface area contributed by atoms with Crippen molar-refractivity contribution >= 4 is 29.0 Å². The first-order valence-electron chi connectivity index (χ1n) is 10.3. The molecule has 1 amide bonds. The number of anilines is 1. The van der Waals surface area contributed by atoms with Gasteiger partial charge in [-0.05, 0) is 35.4 Å². The number of non-ortho nitro benzene ring substituents is 1. The Bertz CT molecular complexity index is 1190. The number of carbonyl (C=O) groups excluding carboxylic acids is 3. The van der Waals surface area contributed by atoms with Crippen molar-refractivity contribution in [3.63, 3.8) is 0 Å². The van der Waals surface area contributed by atoms with Gasteiger partial charge in [-0.1, -0.05) is 42.5 Å². The summed E-state index contributed by atoms with van der Waals surface area (Å²) in [6, 6.07) is 21.9. The van der Waals surface area contributed by atoms with E-state index in [9.17, 15) is 24.5 Å². The van der Waals surface area contributed by atoms with Crippen molar-refractivity contribution < 1.29 is 24.0 Å². The Hall–Kier alpha value is -4.33. The standard InChI is InChI=1S/C25H20N2O6/c28-23(19-4-2-1-3-5-19)16-33-25(30)20-14-24(29)26(15-20)21-10-6-17(7-11-21)18-8-12-22(13-9-18)27(31)32/h1-13,20H,14-16H2/t20-/m0/s1. The second-order valence-electron chi connectivity index (χ2n) is 7.65. The highest BCUT2D eigenvalue weighted by molar-refractivity contribution is 6.01. The predicted molar refractivity (Wildman–Crippen MR) is 121 cm³/mol. The monoisotopic (exact) mass is 444 g/mol. The van der Waals surface area contributed by atoms with Crippen molar-refractivity contribution in [2.75, 3.05) is 18.1 Å². The van der Waals surface area contributed by atoms with E-state index in [0.29, 0.717) is 11.3 Å². The molecule has 166 valence electrons. The molecule has 1 fully saturated rings. The number of rotatable bonds is 7. The van der Waals surface area contributed by atoms with Gasteiger partial charge in [0.25, 0.3) is 5.69 Å². The average Bonchev–Trinajstić information content (AvgIpc) is 3.24. The Labute approximate surface area is 189 Å². The van der Waals surface area contributed by atoms with Gasteiger partial charge in [-0.15, -0.1) is 0 Å². The van der Waals surface area contributed by atoms with Crippen molar-refractivity contribution in [2.45, 2.75) is 6.42 Å². The largest absolute Gasteiger partial charge is 0.457 e. The number of ether oxygens (including phenoxy) is 1. The number of nitrogens with zero attached hydrogens (tertiary/aromatic N) is 2. The van der Waals surface area contributed by atoms with Gasteiger partial charge in [0.05, 0.1) is 10.8 Å². The smallest absolute Gasteiger partial charge is 0.311 e. The van der Waals surface area contributed by atoms with Crippen LogP contribution in [0.2, 0.25) is 0 Å². The first-order chi connectivity index (χ1) is 15.9. The molecular weight excluding hydrogens is 424 g/mol. The lowest BCUT2D eigenvalue weighted by atomic mass is 10.0. The van der Waals surface area contributed by atoms with Gasteiger partial charge < -0.3 is 9.64 Å². The predicted octanol–water partition coefficient (Wildman–Crippen LogP) is 4.04. The van der Waals surface area contributed by atoms with Gasteiger partial charge in [-0.3, -0.25) is 24.5 Å². The molecule has 1 aliphatic heterocycles. The minimum Gasteiger partial charge on any atom is -0.457 e. The second-order valence-corrected chi connectivity index (χ2v) is 7.65. The van der Waals surface area contributed by atoms with Crippen molar-refractivity contribution in [3.05, 3.63) is 94.5 Å². The van der Waals surface area contributed by atoms with E-state index in [1.54, 1.807) is 54.6 Å². The van der Waals surface area contributed by atoms with E-state index in [2.05, 4.69) is 0 Å². The van der Waals surface area contributed by atoms with Gasteiger partial charge in [0.2, 0.25) is 5.91 Å². The maximum absolute atomic E-state index is 12.5. The van der Waals surface area contributed by atoms with Crippen LogP contribution in [0, 0.1) is 16.0 Å². The number of hydrogen-bond donors (Lipinski definition) is 0. The van der Waals surface area contributed by atoms with E-state index >= 15 is 0 Å². The number of benzene rings is 3. The number of ketones is 1. The molecule has 8 nitrogen and oxygen atoms in total. The minimum absolute atomic E-state index is 0.0152. The maximum atomic E-state index is 12.5. The molecule has 0 N–H and O–H groups in total. The summed E-state index contributed by atoms with van der Waals surface area (Å²) in [6.07, 6.45) is 0.0163. The minimum atomic E-state index is -0.643. The number of nitro groups is 1. The van der Waals surface area contributed by atoms with E-state index < -0.39 is 16.8 Å². The van der Waals surface area contributed by atoms with Crippen molar-refractivity contribution in [3.8, 4) is 11.1 Å². The van der Waals surface area contributed by atoms with Crippen molar-refractivity contribution in [1.29, 1.82) is 0 Å². The average molecular weight is 444 g/mol. The van der Waals surface area contributed by atoms with Crippen molar-refractivity contribution in [2.24, 2.45) is 5.92 Å². The molecule has 0 spiro atoms. The fraction of sp³-hybridized carbons (Fsp3) is 0.160. The molecule has 1 atom stereocenters. The quantitative estimate of drug-likeness (QED) is 0.236. The SMILES string of the molecule is O=C(COC(=O)[C@H]1CC(=O)N(c2ccc(-c3ccc([N+](=O)[O-])cc3)cc2)C1)c1ccccc1. The van der Waals surface area contributed by atoms with Crippen LogP contribution in [0.5, 0.6) is 0 Å². The van der Waals surface area contributed by atoms with Crippen LogP contribution in [-0.4, -0.2) is 35.7 Å². The Morgan fingerprint density at radius 1 is 0.939 bits per heavy atom. The molecule has 0 saturated carbocycles. The molecule has 3 aromatic carbocycles. The zero-order chi connectivity index (χ0) is 23.4. The van der Waals surface area contributed by atoms with E-state index in [1.807, 2.05) is 12.1 Å². The zero-order valence-electron chi connectivity index (χ0n) is 17.5. The highest BCUT2D eigenvalue weighted by Gasteiger charge is 2.36. The first-order valence-corrected chi connectivity index (χ1v) is 10.3. The summed E-state index contributed by atoms with van der Waals surface area (Å²) in [6.45, 7) is -0.189. The Morgan fingerprint density at radius 3 is 2.15 bits per heavy atom. The Morgan fingerprint density at radius 2 is 1.55 bits per heavy atom. The molecule has 8 heteroatoms. The molecule has 0 aromatic heterocycles. The lowest BCUT2D eigenvalue weighted by Gasteiger charge is -2.17. The molecular formula is C25H20N2O6. The van der Waals surface area contributed by atoms with Gasteiger partial charge in [0, 0.05) is 36.3 Å². The molecule has 4 rings (SSSR count). The Balaban J connectivity index is 1.37. The van der Waals surface area contributed by atoms with E-state index in [-0.39, 0.29) is 37.0 Å². The topological polar surface area (TPSA) is 107 Å². The van der Waals surface area contributed by atoms with Gasteiger partial charge in [0.1, 0.15) is 0 Å². The molecule has 1 saturated heterocycles. The number of hydrogen-bond acceptors (Lipinski definition) is 6. The second kappa shape index (κ2) is 9.44. The number of nitro benzene ring substituents is 1. The van der Waals surface area contributed by atoms with Gasteiger partial charge in [0.15, 0.2) is 12.4 Å². The normalized spacial score (nSPS) is 15.3. The summed E-state index contributed by atoms with van der Waals surface area (Å²) in [5.41, 5.74) is 2.77. The Kier molecular flexibility index (Phi) is 6.26. The third kappa shape index (κ3) is 4.95. The van der Waals surface area contributed by atoms with Gasteiger partial charge in [-0.25, -0.2) is 0 Å². The van der Waals surface area contributed by atoms with Crippen LogP contribution >= 0.6 is 0 Å².